The van der Waals surface area contributed by atoms with Crippen LogP contribution in [0.1, 0.15) is 25.0 Å². The van der Waals surface area contributed by atoms with Gasteiger partial charge in [-0.3, -0.25) is 10.1 Å². The second kappa shape index (κ2) is 7.27. The summed E-state index contributed by atoms with van der Waals surface area (Å²) in [5.74, 6) is 0.0964. The number of anilines is 1. The van der Waals surface area contributed by atoms with E-state index in [-0.39, 0.29) is 15.2 Å². The summed E-state index contributed by atoms with van der Waals surface area (Å²) in [6.07, 6.45) is -0.762. The normalized spacial score (nSPS) is 12.7. The Morgan fingerprint density at radius 3 is 2.62 bits per heavy atom. The monoisotopic (exact) mass is 369 g/mol. The maximum absolute atomic E-state index is 12.2. The molecule has 1 heterocycles. The van der Waals surface area contributed by atoms with Gasteiger partial charge in [-0.05, 0) is 44.0 Å². The molecule has 1 amide bonds. The second-order valence-electron chi connectivity index (χ2n) is 5.27. The van der Waals surface area contributed by atoms with E-state index < -0.39 is 21.8 Å². The van der Waals surface area contributed by atoms with Crippen molar-refractivity contribution in [3.05, 3.63) is 29.3 Å². The van der Waals surface area contributed by atoms with Crippen molar-refractivity contribution >= 4 is 32.2 Å². The Labute approximate surface area is 145 Å². The zero-order chi connectivity index (χ0) is 17.9. The van der Waals surface area contributed by atoms with E-state index in [0.29, 0.717) is 5.75 Å². The Bertz CT molecular complexity index is 846. The zero-order valence-electron chi connectivity index (χ0n) is 13.9. The summed E-state index contributed by atoms with van der Waals surface area (Å²) < 4.78 is 28.9. The Morgan fingerprint density at radius 1 is 1.29 bits per heavy atom. The van der Waals surface area contributed by atoms with Gasteiger partial charge in [-0.2, -0.15) is 0 Å². The average Bonchev–Trinajstić information content (AvgIpc) is 3.00. The van der Waals surface area contributed by atoms with Gasteiger partial charge in [0, 0.05) is 0 Å². The molecule has 0 saturated carbocycles. The van der Waals surface area contributed by atoms with Crippen LogP contribution >= 0.6 is 11.3 Å². The van der Waals surface area contributed by atoms with Crippen LogP contribution in [0.4, 0.5) is 5.13 Å². The molecule has 0 bridgehead atoms. The van der Waals surface area contributed by atoms with Crippen molar-refractivity contribution in [3.8, 4) is 5.75 Å². The van der Waals surface area contributed by atoms with Crippen molar-refractivity contribution in [2.45, 2.75) is 38.1 Å². The number of ether oxygens (including phenoxy) is 1. The molecule has 130 valence electrons. The van der Waals surface area contributed by atoms with Crippen molar-refractivity contribution in [2.24, 2.45) is 0 Å². The summed E-state index contributed by atoms with van der Waals surface area (Å²) in [4.78, 5) is 12.2. The third kappa shape index (κ3) is 4.30. The van der Waals surface area contributed by atoms with Gasteiger partial charge in [-0.15, -0.1) is 10.2 Å². The molecule has 0 unspecified atom stereocenters. The van der Waals surface area contributed by atoms with E-state index in [2.05, 4.69) is 15.5 Å². The first-order chi connectivity index (χ1) is 11.2. The first-order valence-electron chi connectivity index (χ1n) is 7.34. The number of aryl methyl sites for hydroxylation is 2. The third-order valence-corrected chi connectivity index (χ3v) is 6.46. The third-order valence-electron chi connectivity index (χ3n) is 3.44. The molecule has 0 aliphatic heterocycles. The van der Waals surface area contributed by atoms with Gasteiger partial charge in [0.2, 0.25) is 19.3 Å². The largest absolute Gasteiger partial charge is 0.481 e. The molecule has 2 aromatic rings. The molecule has 24 heavy (non-hydrogen) atoms. The highest BCUT2D eigenvalue weighted by Gasteiger charge is 2.21. The summed E-state index contributed by atoms with van der Waals surface area (Å²) in [7, 11) is -3.43. The highest BCUT2D eigenvalue weighted by molar-refractivity contribution is 7.93. The highest BCUT2D eigenvalue weighted by Crippen LogP contribution is 2.22. The minimum Gasteiger partial charge on any atom is -0.481 e. The fraction of sp³-hybridized carbons (Fsp3) is 0.400. The van der Waals surface area contributed by atoms with Gasteiger partial charge in [-0.25, -0.2) is 8.42 Å². The quantitative estimate of drug-likeness (QED) is 0.785. The predicted molar refractivity (Wildman–Crippen MR) is 92.3 cm³/mol. The molecule has 0 saturated heterocycles. The summed E-state index contributed by atoms with van der Waals surface area (Å²) in [5.41, 5.74) is 2.21. The number of benzene rings is 1. The lowest BCUT2D eigenvalue weighted by Crippen LogP contribution is -2.30. The molecule has 0 fully saturated rings. The van der Waals surface area contributed by atoms with E-state index in [1.807, 2.05) is 26.0 Å². The lowest BCUT2D eigenvalue weighted by atomic mass is 10.1. The first-order valence-corrected chi connectivity index (χ1v) is 9.81. The van der Waals surface area contributed by atoms with E-state index >= 15 is 0 Å². The van der Waals surface area contributed by atoms with Crippen LogP contribution in [0, 0.1) is 13.8 Å². The molecule has 0 radical (unpaired) electrons. The van der Waals surface area contributed by atoms with E-state index in [1.54, 1.807) is 13.0 Å². The number of aromatic nitrogens is 2. The van der Waals surface area contributed by atoms with Crippen molar-refractivity contribution in [2.75, 3.05) is 11.1 Å². The van der Waals surface area contributed by atoms with E-state index in [0.717, 1.165) is 22.5 Å². The molecule has 0 aliphatic rings. The van der Waals surface area contributed by atoms with Crippen LogP contribution in [0.25, 0.3) is 0 Å². The van der Waals surface area contributed by atoms with Crippen molar-refractivity contribution < 1.29 is 17.9 Å². The second-order valence-corrected chi connectivity index (χ2v) is 8.70. The lowest BCUT2D eigenvalue weighted by Gasteiger charge is -2.14. The molecule has 0 aliphatic carbocycles. The van der Waals surface area contributed by atoms with Gasteiger partial charge in [0.25, 0.3) is 5.91 Å². The first kappa shape index (κ1) is 18.3. The van der Waals surface area contributed by atoms with Crippen molar-refractivity contribution in [3.63, 3.8) is 0 Å². The van der Waals surface area contributed by atoms with Crippen molar-refractivity contribution in [1.29, 1.82) is 0 Å². The van der Waals surface area contributed by atoms with Gasteiger partial charge in [0.1, 0.15) is 5.75 Å². The molecule has 7 nitrogen and oxygen atoms in total. The topological polar surface area (TPSA) is 98.3 Å². The lowest BCUT2D eigenvalue weighted by molar-refractivity contribution is -0.122. The van der Waals surface area contributed by atoms with E-state index in [4.69, 9.17) is 4.74 Å². The van der Waals surface area contributed by atoms with Crippen LogP contribution in [0.2, 0.25) is 0 Å². The Balaban J connectivity index is 2.02. The summed E-state index contributed by atoms with van der Waals surface area (Å²) in [5, 5.41) is 9.94. The number of hydrogen-bond acceptors (Lipinski definition) is 7. The molecule has 2 rings (SSSR count). The number of hydrogen-bond donors (Lipinski definition) is 1. The number of rotatable bonds is 6. The number of carbonyl (C=O) groups is 1. The number of carbonyl (C=O) groups excluding carboxylic acids is 1. The number of nitrogens with zero attached hydrogens (tertiary/aromatic N) is 2. The molecule has 1 N–H and O–H groups in total. The Hall–Kier alpha value is -2.00. The van der Waals surface area contributed by atoms with E-state index in [1.165, 1.54) is 6.92 Å². The van der Waals surface area contributed by atoms with Crippen LogP contribution < -0.4 is 10.1 Å². The van der Waals surface area contributed by atoms with Gasteiger partial charge in [-0.1, -0.05) is 24.3 Å². The van der Waals surface area contributed by atoms with Crippen molar-refractivity contribution in [1.82, 2.24) is 10.2 Å². The SMILES string of the molecule is CCS(=O)(=O)c1nnc(NC(=O)[C@@H](C)Oc2ccc(C)c(C)c2)s1. The Morgan fingerprint density at radius 2 is 2.00 bits per heavy atom. The van der Waals surface area contributed by atoms with Crippen LogP contribution in [-0.2, 0) is 14.6 Å². The maximum Gasteiger partial charge on any atom is 0.266 e. The van der Waals surface area contributed by atoms with Gasteiger partial charge >= 0.3 is 0 Å². The van der Waals surface area contributed by atoms with Crippen LogP contribution in [0.5, 0.6) is 5.75 Å². The number of amides is 1. The summed E-state index contributed by atoms with van der Waals surface area (Å²) >= 11 is 0.823. The molecular weight excluding hydrogens is 350 g/mol. The zero-order valence-corrected chi connectivity index (χ0v) is 15.5. The molecular formula is C15H19N3O4S2. The predicted octanol–water partition coefficient (Wildman–Crippen LogP) is 2.35. The summed E-state index contributed by atoms with van der Waals surface area (Å²) in [6.45, 7) is 7.08. The summed E-state index contributed by atoms with van der Waals surface area (Å²) in [6, 6.07) is 5.57. The number of nitrogens with one attached hydrogen (secondary N) is 1. The Kier molecular flexibility index (Phi) is 5.55. The van der Waals surface area contributed by atoms with Crippen LogP contribution in [0.3, 0.4) is 0 Å². The standard InChI is InChI=1S/C15H19N3O4S2/c1-5-24(20,21)15-18-17-14(23-15)16-13(19)11(4)22-12-7-6-9(2)10(3)8-12/h6-8,11H,5H2,1-4H3,(H,16,17,19)/t11-/m1/s1. The van der Waals surface area contributed by atoms with E-state index in [9.17, 15) is 13.2 Å². The maximum atomic E-state index is 12.2. The van der Waals surface area contributed by atoms with Gasteiger partial charge in [0.05, 0.1) is 5.75 Å². The average molecular weight is 369 g/mol. The fourth-order valence-electron chi connectivity index (χ4n) is 1.76. The molecule has 1 aromatic heterocycles. The molecule has 1 atom stereocenters. The highest BCUT2D eigenvalue weighted by atomic mass is 32.2. The smallest absolute Gasteiger partial charge is 0.266 e. The van der Waals surface area contributed by atoms with Crippen LogP contribution in [-0.4, -0.2) is 36.4 Å². The minimum atomic E-state index is -3.43. The molecule has 1 aromatic carbocycles. The fourth-order valence-corrected chi connectivity index (χ4v) is 3.75. The molecule has 9 heteroatoms. The minimum absolute atomic E-state index is 0.0676. The number of sulfone groups is 1. The molecule has 0 spiro atoms. The van der Waals surface area contributed by atoms with Gasteiger partial charge in [0.15, 0.2) is 6.10 Å². The van der Waals surface area contributed by atoms with Gasteiger partial charge < -0.3 is 4.74 Å². The van der Waals surface area contributed by atoms with Crippen LogP contribution in [0.15, 0.2) is 22.5 Å².